The summed E-state index contributed by atoms with van der Waals surface area (Å²) in [5, 5.41) is 0. The van der Waals surface area contributed by atoms with E-state index in [0.717, 1.165) is 56.8 Å². The molecular weight excluding hydrogens is 250 g/mol. The molecule has 4 heteroatoms. The molecule has 110 valence electrons. The molecule has 0 aromatic heterocycles. The summed E-state index contributed by atoms with van der Waals surface area (Å²) >= 11 is 0. The second-order valence-corrected chi connectivity index (χ2v) is 5.42. The monoisotopic (exact) mass is 275 g/mol. The molecule has 0 spiro atoms. The first kappa shape index (κ1) is 14.7. The summed E-state index contributed by atoms with van der Waals surface area (Å²) in [6.45, 7) is 5.58. The number of hydrogen-bond donors (Lipinski definition) is 1. The van der Waals surface area contributed by atoms with Crippen molar-refractivity contribution in [2.75, 3.05) is 36.8 Å². The van der Waals surface area contributed by atoms with Gasteiger partial charge in [-0.05, 0) is 24.6 Å². The molecule has 0 bridgehead atoms. The van der Waals surface area contributed by atoms with E-state index in [0.29, 0.717) is 12.3 Å². The summed E-state index contributed by atoms with van der Waals surface area (Å²) in [7, 11) is 0. The van der Waals surface area contributed by atoms with Crippen LogP contribution in [0.15, 0.2) is 24.3 Å². The molecule has 1 heterocycles. The van der Waals surface area contributed by atoms with Crippen molar-refractivity contribution in [3.63, 3.8) is 0 Å². The van der Waals surface area contributed by atoms with Gasteiger partial charge in [-0.3, -0.25) is 4.79 Å². The van der Waals surface area contributed by atoms with Gasteiger partial charge in [0.1, 0.15) is 0 Å². The zero-order valence-electron chi connectivity index (χ0n) is 12.3. The minimum absolute atomic E-state index is 0.311. The van der Waals surface area contributed by atoms with Gasteiger partial charge in [0.15, 0.2) is 0 Å². The van der Waals surface area contributed by atoms with E-state index in [4.69, 9.17) is 5.73 Å². The van der Waals surface area contributed by atoms with E-state index in [1.165, 1.54) is 0 Å². The Hall–Kier alpha value is -1.71. The first-order valence-corrected chi connectivity index (χ1v) is 7.59. The van der Waals surface area contributed by atoms with Crippen LogP contribution in [0.2, 0.25) is 0 Å². The zero-order valence-corrected chi connectivity index (χ0v) is 12.3. The molecular formula is C16H25N3O. The van der Waals surface area contributed by atoms with Crippen LogP contribution in [0, 0.1) is 0 Å². The van der Waals surface area contributed by atoms with E-state index >= 15 is 0 Å². The first-order valence-electron chi connectivity index (χ1n) is 7.59. The molecule has 2 rings (SSSR count). The average molecular weight is 275 g/mol. The molecule has 0 unspecified atom stereocenters. The maximum atomic E-state index is 12.1. The van der Waals surface area contributed by atoms with Crippen molar-refractivity contribution < 1.29 is 4.79 Å². The van der Waals surface area contributed by atoms with Crippen LogP contribution in [0.1, 0.15) is 32.6 Å². The molecule has 1 aromatic rings. The molecule has 0 aliphatic carbocycles. The third-order valence-corrected chi connectivity index (χ3v) is 3.86. The maximum absolute atomic E-state index is 12.1. The lowest BCUT2D eigenvalue weighted by atomic mass is 10.1. The van der Waals surface area contributed by atoms with Crippen molar-refractivity contribution in [2.24, 2.45) is 0 Å². The lowest BCUT2D eigenvalue weighted by Gasteiger charge is -2.36. The van der Waals surface area contributed by atoms with Crippen molar-refractivity contribution >= 4 is 17.3 Å². The Morgan fingerprint density at radius 2 is 1.95 bits per heavy atom. The van der Waals surface area contributed by atoms with Gasteiger partial charge in [0.25, 0.3) is 0 Å². The molecule has 0 atom stereocenters. The normalized spacial score (nSPS) is 15.4. The Balaban J connectivity index is 1.81. The highest BCUT2D eigenvalue weighted by Crippen LogP contribution is 2.19. The van der Waals surface area contributed by atoms with Gasteiger partial charge in [-0.2, -0.15) is 0 Å². The third-order valence-electron chi connectivity index (χ3n) is 3.86. The molecule has 1 amide bonds. The standard InChI is InChI=1S/C16H25N3O/c1-2-3-4-8-16(20)19-11-9-18(10-12-19)15-7-5-6-14(17)13-15/h5-7,13H,2-4,8-12,17H2,1H3. The topological polar surface area (TPSA) is 49.6 Å². The van der Waals surface area contributed by atoms with Crippen LogP contribution < -0.4 is 10.6 Å². The number of carbonyl (C=O) groups is 1. The van der Waals surface area contributed by atoms with E-state index in [2.05, 4.69) is 17.9 Å². The summed E-state index contributed by atoms with van der Waals surface area (Å²) in [4.78, 5) is 16.4. The zero-order chi connectivity index (χ0) is 14.4. The number of unbranched alkanes of at least 4 members (excludes halogenated alkanes) is 2. The van der Waals surface area contributed by atoms with E-state index in [9.17, 15) is 4.79 Å². The van der Waals surface area contributed by atoms with Gasteiger partial charge in [0.2, 0.25) is 5.91 Å². The highest BCUT2D eigenvalue weighted by molar-refractivity contribution is 5.76. The average Bonchev–Trinajstić information content (AvgIpc) is 2.47. The maximum Gasteiger partial charge on any atom is 0.222 e. The number of benzene rings is 1. The quantitative estimate of drug-likeness (QED) is 0.663. The molecule has 1 saturated heterocycles. The van der Waals surface area contributed by atoms with Crippen LogP contribution >= 0.6 is 0 Å². The van der Waals surface area contributed by atoms with Crippen molar-refractivity contribution in [1.29, 1.82) is 0 Å². The Labute approximate surface area is 121 Å². The molecule has 4 nitrogen and oxygen atoms in total. The minimum Gasteiger partial charge on any atom is -0.399 e. The summed E-state index contributed by atoms with van der Waals surface area (Å²) < 4.78 is 0. The van der Waals surface area contributed by atoms with Gasteiger partial charge in [0.05, 0.1) is 0 Å². The fourth-order valence-corrected chi connectivity index (χ4v) is 2.62. The van der Waals surface area contributed by atoms with Gasteiger partial charge in [-0.15, -0.1) is 0 Å². The van der Waals surface area contributed by atoms with Crippen LogP contribution in [0.4, 0.5) is 11.4 Å². The number of piperazine rings is 1. The summed E-state index contributed by atoms with van der Waals surface area (Å²) in [5.74, 6) is 0.311. The number of nitrogen functional groups attached to an aromatic ring is 1. The second-order valence-electron chi connectivity index (χ2n) is 5.42. The number of hydrogen-bond acceptors (Lipinski definition) is 3. The predicted octanol–water partition coefficient (Wildman–Crippen LogP) is 2.50. The first-order chi connectivity index (χ1) is 9.70. The summed E-state index contributed by atoms with van der Waals surface area (Å²) in [5.41, 5.74) is 7.77. The molecule has 1 aliphatic rings. The molecule has 0 radical (unpaired) electrons. The number of anilines is 2. The highest BCUT2D eigenvalue weighted by atomic mass is 16.2. The van der Waals surface area contributed by atoms with Gasteiger partial charge in [0, 0.05) is 44.0 Å². The van der Waals surface area contributed by atoms with Gasteiger partial charge < -0.3 is 15.5 Å². The van der Waals surface area contributed by atoms with Crippen molar-refractivity contribution in [3.8, 4) is 0 Å². The van der Waals surface area contributed by atoms with Crippen LogP contribution in [-0.4, -0.2) is 37.0 Å². The molecule has 1 aromatic carbocycles. The van der Waals surface area contributed by atoms with E-state index in [1.54, 1.807) is 0 Å². The Morgan fingerprint density at radius 1 is 1.20 bits per heavy atom. The second kappa shape index (κ2) is 7.17. The van der Waals surface area contributed by atoms with Gasteiger partial charge in [-0.25, -0.2) is 0 Å². The van der Waals surface area contributed by atoms with E-state index in [-0.39, 0.29) is 0 Å². The van der Waals surface area contributed by atoms with Crippen molar-refractivity contribution in [1.82, 2.24) is 4.90 Å². The smallest absolute Gasteiger partial charge is 0.222 e. The number of amides is 1. The van der Waals surface area contributed by atoms with Crippen LogP contribution in [0.5, 0.6) is 0 Å². The molecule has 1 fully saturated rings. The third kappa shape index (κ3) is 3.89. The molecule has 2 N–H and O–H groups in total. The number of nitrogens with two attached hydrogens (primary N) is 1. The lowest BCUT2D eigenvalue weighted by molar-refractivity contribution is -0.131. The van der Waals surface area contributed by atoms with Crippen LogP contribution in [0.3, 0.4) is 0 Å². The van der Waals surface area contributed by atoms with Crippen LogP contribution in [-0.2, 0) is 4.79 Å². The predicted molar refractivity (Wildman–Crippen MR) is 83.8 cm³/mol. The number of nitrogens with zero attached hydrogens (tertiary/aromatic N) is 2. The SMILES string of the molecule is CCCCCC(=O)N1CCN(c2cccc(N)c2)CC1. The molecule has 0 saturated carbocycles. The number of carbonyl (C=O) groups excluding carboxylic acids is 1. The Morgan fingerprint density at radius 3 is 2.60 bits per heavy atom. The largest absolute Gasteiger partial charge is 0.399 e. The fourth-order valence-electron chi connectivity index (χ4n) is 2.62. The minimum atomic E-state index is 0.311. The van der Waals surface area contributed by atoms with Crippen molar-refractivity contribution in [2.45, 2.75) is 32.6 Å². The molecule has 1 aliphatic heterocycles. The fraction of sp³-hybridized carbons (Fsp3) is 0.562. The van der Waals surface area contributed by atoms with E-state index in [1.807, 2.05) is 23.1 Å². The van der Waals surface area contributed by atoms with E-state index < -0.39 is 0 Å². The van der Waals surface area contributed by atoms with Gasteiger partial charge in [-0.1, -0.05) is 25.8 Å². The Kier molecular flexibility index (Phi) is 5.27. The van der Waals surface area contributed by atoms with Crippen LogP contribution in [0.25, 0.3) is 0 Å². The van der Waals surface area contributed by atoms with Gasteiger partial charge >= 0.3 is 0 Å². The lowest BCUT2D eigenvalue weighted by Crippen LogP contribution is -2.48. The Bertz CT molecular complexity index is 439. The number of rotatable bonds is 5. The highest BCUT2D eigenvalue weighted by Gasteiger charge is 2.20. The summed E-state index contributed by atoms with van der Waals surface area (Å²) in [6, 6.07) is 7.96. The summed E-state index contributed by atoms with van der Waals surface area (Å²) in [6.07, 6.45) is 4.03. The van der Waals surface area contributed by atoms with Crippen molar-refractivity contribution in [3.05, 3.63) is 24.3 Å². The molecule has 20 heavy (non-hydrogen) atoms.